The van der Waals surface area contributed by atoms with Crippen LogP contribution in [-0.2, 0) is 0 Å². The third-order valence-corrected chi connectivity index (χ3v) is 6.09. The van der Waals surface area contributed by atoms with Crippen molar-refractivity contribution in [2.24, 2.45) is 11.8 Å². The molecule has 16 heavy (non-hydrogen) atoms. The molecule has 3 rings (SSSR count). The van der Waals surface area contributed by atoms with E-state index in [1.165, 1.54) is 35.0 Å². The number of rotatable bonds is 3. The van der Waals surface area contributed by atoms with Gasteiger partial charge in [-0.3, -0.25) is 0 Å². The van der Waals surface area contributed by atoms with E-state index in [0.717, 1.165) is 17.9 Å². The molecule has 0 aliphatic heterocycles. The molecule has 1 nitrogen and oxygen atoms in total. The minimum absolute atomic E-state index is 0.514. The summed E-state index contributed by atoms with van der Waals surface area (Å²) >= 11 is 5.38. The second-order valence-electron chi connectivity index (χ2n) is 5.34. The van der Waals surface area contributed by atoms with Crippen molar-refractivity contribution in [3.8, 4) is 0 Å². The average molecular weight is 300 g/mol. The van der Waals surface area contributed by atoms with Crippen molar-refractivity contribution >= 4 is 27.3 Å². The van der Waals surface area contributed by atoms with Crippen LogP contribution in [0, 0.1) is 11.8 Å². The highest BCUT2D eigenvalue weighted by atomic mass is 79.9. The third kappa shape index (κ3) is 2.09. The van der Waals surface area contributed by atoms with E-state index in [9.17, 15) is 0 Å². The van der Waals surface area contributed by atoms with Crippen LogP contribution in [0.1, 0.15) is 43.5 Å². The molecular formula is C13H18BrNS. The monoisotopic (exact) mass is 299 g/mol. The Kier molecular flexibility index (Phi) is 3.11. The van der Waals surface area contributed by atoms with Crippen LogP contribution in [0.3, 0.4) is 0 Å². The van der Waals surface area contributed by atoms with Crippen molar-refractivity contribution in [2.75, 3.05) is 0 Å². The summed E-state index contributed by atoms with van der Waals surface area (Å²) in [4.78, 5) is 1.45. The lowest BCUT2D eigenvalue weighted by Gasteiger charge is -2.26. The first-order valence-corrected chi connectivity index (χ1v) is 7.89. The van der Waals surface area contributed by atoms with Crippen LogP contribution in [0.5, 0.6) is 0 Å². The van der Waals surface area contributed by atoms with E-state index in [1.807, 2.05) is 11.3 Å². The van der Waals surface area contributed by atoms with Gasteiger partial charge in [0.2, 0.25) is 0 Å². The fourth-order valence-electron chi connectivity index (χ4n) is 3.41. The highest BCUT2D eigenvalue weighted by molar-refractivity contribution is 9.10. The second-order valence-corrected chi connectivity index (χ2v) is 7.20. The molecule has 2 bridgehead atoms. The SMILES string of the molecule is CC(NC1CC2CCC1C2)c1cc(Br)cs1. The van der Waals surface area contributed by atoms with E-state index in [2.05, 4.69) is 39.6 Å². The quantitative estimate of drug-likeness (QED) is 0.875. The smallest absolute Gasteiger partial charge is 0.0388 e. The fourth-order valence-corrected chi connectivity index (χ4v) is 4.87. The van der Waals surface area contributed by atoms with E-state index in [4.69, 9.17) is 0 Å². The van der Waals surface area contributed by atoms with E-state index < -0.39 is 0 Å². The van der Waals surface area contributed by atoms with Gasteiger partial charge in [-0.1, -0.05) is 6.42 Å². The first kappa shape index (κ1) is 11.2. The molecule has 3 heteroatoms. The van der Waals surface area contributed by atoms with E-state index in [0.29, 0.717) is 6.04 Å². The molecule has 88 valence electrons. The third-order valence-electron chi connectivity index (χ3n) is 4.22. The van der Waals surface area contributed by atoms with E-state index in [-0.39, 0.29) is 0 Å². The average Bonchev–Trinajstić information content (AvgIpc) is 2.92. The molecule has 2 aliphatic carbocycles. The largest absolute Gasteiger partial charge is 0.306 e. The molecule has 1 aromatic rings. The van der Waals surface area contributed by atoms with Gasteiger partial charge in [-0.25, -0.2) is 0 Å². The molecule has 2 aliphatic rings. The van der Waals surface area contributed by atoms with Crippen molar-refractivity contribution < 1.29 is 0 Å². The molecular weight excluding hydrogens is 282 g/mol. The lowest BCUT2D eigenvalue weighted by molar-refractivity contribution is 0.328. The predicted molar refractivity (Wildman–Crippen MR) is 72.8 cm³/mol. The molecule has 2 fully saturated rings. The molecule has 1 N–H and O–H groups in total. The molecule has 1 aromatic heterocycles. The van der Waals surface area contributed by atoms with Crippen LogP contribution in [0.2, 0.25) is 0 Å². The van der Waals surface area contributed by atoms with Crippen molar-refractivity contribution in [3.63, 3.8) is 0 Å². The molecule has 1 heterocycles. The van der Waals surface area contributed by atoms with Crippen LogP contribution in [0.25, 0.3) is 0 Å². The molecule has 0 amide bonds. The minimum atomic E-state index is 0.514. The van der Waals surface area contributed by atoms with Gasteiger partial charge in [-0.05, 0) is 60.0 Å². The van der Waals surface area contributed by atoms with Crippen molar-refractivity contribution in [3.05, 3.63) is 20.8 Å². The van der Waals surface area contributed by atoms with Gasteiger partial charge in [0.1, 0.15) is 0 Å². The minimum Gasteiger partial charge on any atom is -0.306 e. The topological polar surface area (TPSA) is 12.0 Å². The standard InChI is InChI=1S/C13H18BrNS/c1-8(13-6-11(14)7-16-13)15-12-5-9-2-3-10(12)4-9/h6-10,12,15H,2-5H2,1H3. The van der Waals surface area contributed by atoms with E-state index in [1.54, 1.807) is 0 Å². The fraction of sp³-hybridized carbons (Fsp3) is 0.692. The number of fused-ring (bicyclic) bond motifs is 2. The van der Waals surface area contributed by atoms with Crippen LogP contribution < -0.4 is 5.32 Å². The number of nitrogens with one attached hydrogen (secondary N) is 1. The van der Waals surface area contributed by atoms with Gasteiger partial charge in [0.15, 0.2) is 0 Å². The van der Waals surface area contributed by atoms with Crippen molar-refractivity contribution in [1.82, 2.24) is 5.32 Å². The summed E-state index contributed by atoms with van der Waals surface area (Å²) in [6.07, 6.45) is 5.85. The summed E-state index contributed by atoms with van der Waals surface area (Å²) in [5, 5.41) is 6.00. The molecule has 0 spiro atoms. The zero-order valence-corrected chi connectivity index (χ0v) is 12.0. The Balaban J connectivity index is 1.62. The lowest BCUT2D eigenvalue weighted by Crippen LogP contribution is -2.35. The van der Waals surface area contributed by atoms with E-state index >= 15 is 0 Å². The zero-order valence-electron chi connectivity index (χ0n) is 9.58. The summed E-state index contributed by atoms with van der Waals surface area (Å²) < 4.78 is 1.22. The maximum absolute atomic E-state index is 3.83. The van der Waals surface area contributed by atoms with Gasteiger partial charge in [-0.15, -0.1) is 11.3 Å². The normalized spacial score (nSPS) is 34.5. The summed E-state index contributed by atoms with van der Waals surface area (Å²) in [5.41, 5.74) is 0. The molecule has 0 aromatic carbocycles. The summed E-state index contributed by atoms with van der Waals surface area (Å²) in [6, 6.07) is 3.55. The van der Waals surface area contributed by atoms with Gasteiger partial charge >= 0.3 is 0 Å². The molecule has 4 atom stereocenters. The molecule has 0 saturated heterocycles. The van der Waals surface area contributed by atoms with Gasteiger partial charge in [0, 0.05) is 26.8 Å². The number of hydrogen-bond donors (Lipinski definition) is 1. The summed E-state index contributed by atoms with van der Waals surface area (Å²) in [7, 11) is 0. The van der Waals surface area contributed by atoms with Crippen LogP contribution >= 0.6 is 27.3 Å². The molecule has 4 unspecified atom stereocenters. The first-order valence-electron chi connectivity index (χ1n) is 6.22. The van der Waals surface area contributed by atoms with Crippen LogP contribution in [-0.4, -0.2) is 6.04 Å². The first-order chi connectivity index (χ1) is 7.72. The van der Waals surface area contributed by atoms with Gasteiger partial charge in [-0.2, -0.15) is 0 Å². The van der Waals surface area contributed by atoms with Gasteiger partial charge in [0.25, 0.3) is 0 Å². The number of hydrogen-bond acceptors (Lipinski definition) is 2. The lowest BCUT2D eigenvalue weighted by atomic mass is 9.95. The van der Waals surface area contributed by atoms with Crippen LogP contribution in [0.15, 0.2) is 15.9 Å². The van der Waals surface area contributed by atoms with Crippen molar-refractivity contribution in [2.45, 2.75) is 44.7 Å². The zero-order chi connectivity index (χ0) is 11.1. The Hall–Kier alpha value is 0.140. The van der Waals surface area contributed by atoms with Gasteiger partial charge < -0.3 is 5.32 Å². The number of halogens is 1. The Morgan fingerprint density at radius 2 is 2.31 bits per heavy atom. The van der Waals surface area contributed by atoms with Gasteiger partial charge in [0.05, 0.1) is 0 Å². The Morgan fingerprint density at radius 1 is 1.44 bits per heavy atom. The van der Waals surface area contributed by atoms with Crippen LogP contribution in [0.4, 0.5) is 0 Å². The predicted octanol–water partition coefficient (Wildman–Crippen LogP) is 4.35. The Labute approximate surface area is 110 Å². The maximum Gasteiger partial charge on any atom is 0.0388 e. The second kappa shape index (κ2) is 4.43. The molecule has 2 saturated carbocycles. The Bertz CT molecular complexity index is 376. The summed E-state index contributed by atoms with van der Waals surface area (Å²) in [5.74, 6) is 2.00. The highest BCUT2D eigenvalue weighted by Gasteiger charge is 2.39. The summed E-state index contributed by atoms with van der Waals surface area (Å²) in [6.45, 7) is 2.30. The Morgan fingerprint density at radius 3 is 2.88 bits per heavy atom. The maximum atomic E-state index is 3.83. The van der Waals surface area contributed by atoms with Crippen molar-refractivity contribution in [1.29, 1.82) is 0 Å². The number of thiophene rings is 1. The molecule has 0 radical (unpaired) electrons. The highest BCUT2D eigenvalue weighted by Crippen LogP contribution is 2.45.